The highest BCUT2D eigenvalue weighted by Crippen LogP contribution is 2.25. The first-order chi connectivity index (χ1) is 9.57. The zero-order valence-corrected chi connectivity index (χ0v) is 14.9. The highest BCUT2D eigenvalue weighted by Gasteiger charge is 2.32. The Bertz CT molecular complexity index is 414. The molecule has 0 aliphatic rings. The summed E-state index contributed by atoms with van der Waals surface area (Å²) < 4.78 is 0. The average molecular weight is 351 g/mol. The smallest absolute Gasteiger partial charge is 0.227 e. The molecule has 21 heavy (non-hydrogen) atoms. The number of carbonyl (C=O) groups is 1. The molecule has 6 heteroatoms. The molecule has 0 saturated heterocycles. The van der Waals surface area contributed by atoms with Crippen molar-refractivity contribution in [2.24, 2.45) is 11.1 Å². The number of thioether (sulfide) groups is 1. The molecule has 0 radical (unpaired) electrons. The monoisotopic (exact) mass is 350 g/mol. The topological polar surface area (TPSA) is 55.1 Å². The minimum atomic E-state index is -0.412. The quantitative estimate of drug-likeness (QED) is 0.554. The largest absolute Gasteiger partial charge is 0.355 e. The molecule has 1 rings (SSSR count). The molecule has 3 nitrogen and oxygen atoms in total. The van der Waals surface area contributed by atoms with Crippen LogP contribution in [0, 0.1) is 5.41 Å². The second-order valence-electron chi connectivity index (χ2n) is 4.75. The number of hydrogen-bond acceptors (Lipinski definition) is 3. The van der Waals surface area contributed by atoms with Crippen LogP contribution in [-0.4, -0.2) is 24.7 Å². The normalized spacial score (nSPS) is 10.9. The summed E-state index contributed by atoms with van der Waals surface area (Å²) >= 11 is 7.53. The molecule has 0 saturated carbocycles. The number of amides is 1. The third kappa shape index (κ3) is 6.07. The molecule has 1 amide bonds. The van der Waals surface area contributed by atoms with Gasteiger partial charge >= 0.3 is 0 Å². The highest BCUT2D eigenvalue weighted by molar-refractivity contribution is 7.99. The van der Waals surface area contributed by atoms with E-state index in [1.54, 1.807) is 11.8 Å². The molecule has 0 aromatic heterocycles. The molecule has 120 valence electrons. The number of halogens is 2. The van der Waals surface area contributed by atoms with Gasteiger partial charge in [0.25, 0.3) is 0 Å². The van der Waals surface area contributed by atoms with Crippen LogP contribution in [0.15, 0.2) is 29.2 Å². The number of rotatable bonds is 8. The maximum Gasteiger partial charge on any atom is 0.227 e. The molecule has 0 unspecified atom stereocenters. The van der Waals surface area contributed by atoms with Gasteiger partial charge in [0.1, 0.15) is 0 Å². The van der Waals surface area contributed by atoms with E-state index < -0.39 is 5.41 Å². The minimum absolute atomic E-state index is 0. The van der Waals surface area contributed by atoms with E-state index in [4.69, 9.17) is 17.3 Å². The summed E-state index contributed by atoms with van der Waals surface area (Å²) in [7, 11) is 0. The summed E-state index contributed by atoms with van der Waals surface area (Å²) in [6.07, 6.45) is 1.55. The summed E-state index contributed by atoms with van der Waals surface area (Å²) in [5.41, 5.74) is 5.35. The molecule has 1 aromatic rings. The zero-order chi connectivity index (χ0) is 15.0. The Kier molecular flexibility index (Phi) is 10.1. The third-order valence-corrected chi connectivity index (χ3v) is 4.96. The summed E-state index contributed by atoms with van der Waals surface area (Å²) in [5, 5.41) is 3.73. The van der Waals surface area contributed by atoms with Crippen LogP contribution in [0.5, 0.6) is 0 Å². The Morgan fingerprint density at radius 3 is 2.33 bits per heavy atom. The molecule has 0 aliphatic heterocycles. The van der Waals surface area contributed by atoms with Crippen LogP contribution in [0.4, 0.5) is 0 Å². The van der Waals surface area contributed by atoms with Gasteiger partial charge in [0.05, 0.1) is 5.41 Å². The lowest BCUT2D eigenvalue weighted by atomic mass is 9.81. The second-order valence-corrected chi connectivity index (χ2v) is 6.35. The van der Waals surface area contributed by atoms with Crippen LogP contribution in [-0.2, 0) is 4.79 Å². The van der Waals surface area contributed by atoms with E-state index in [2.05, 4.69) is 5.32 Å². The van der Waals surface area contributed by atoms with Crippen molar-refractivity contribution in [1.82, 2.24) is 5.32 Å². The van der Waals surface area contributed by atoms with Crippen molar-refractivity contribution in [3.8, 4) is 0 Å². The van der Waals surface area contributed by atoms with E-state index in [1.807, 2.05) is 38.1 Å². The van der Waals surface area contributed by atoms with Gasteiger partial charge < -0.3 is 11.1 Å². The van der Waals surface area contributed by atoms with E-state index in [0.29, 0.717) is 13.1 Å². The molecular weight excluding hydrogens is 327 g/mol. The second kappa shape index (κ2) is 10.3. The van der Waals surface area contributed by atoms with Gasteiger partial charge in [-0.2, -0.15) is 0 Å². The molecule has 0 spiro atoms. The van der Waals surface area contributed by atoms with E-state index in [-0.39, 0.29) is 18.3 Å². The molecule has 0 fully saturated rings. The molecule has 0 aliphatic carbocycles. The van der Waals surface area contributed by atoms with E-state index in [1.165, 1.54) is 0 Å². The Balaban J connectivity index is 0.00000400. The summed E-state index contributed by atoms with van der Waals surface area (Å²) in [4.78, 5) is 13.3. The van der Waals surface area contributed by atoms with Crippen molar-refractivity contribution in [3.05, 3.63) is 29.3 Å². The SMILES string of the molecule is CCC(CC)(CN)C(=O)NCCSc1ccc(Cl)cc1.Cl. The average Bonchev–Trinajstić information content (AvgIpc) is 2.48. The Hall–Kier alpha value is -0.420. The van der Waals surface area contributed by atoms with Gasteiger partial charge in [0, 0.05) is 28.8 Å². The van der Waals surface area contributed by atoms with Gasteiger partial charge in [0.15, 0.2) is 0 Å². The third-order valence-electron chi connectivity index (χ3n) is 3.70. The van der Waals surface area contributed by atoms with Gasteiger partial charge in [-0.3, -0.25) is 4.79 Å². The number of carbonyl (C=O) groups excluding carboxylic acids is 1. The van der Waals surface area contributed by atoms with Gasteiger partial charge in [-0.25, -0.2) is 0 Å². The predicted octanol–water partition coefficient (Wildman–Crippen LogP) is 3.74. The molecule has 1 aromatic carbocycles. The van der Waals surface area contributed by atoms with E-state index in [0.717, 1.165) is 28.5 Å². The molecule has 3 N–H and O–H groups in total. The fraction of sp³-hybridized carbons (Fsp3) is 0.533. The Morgan fingerprint density at radius 1 is 1.29 bits per heavy atom. The highest BCUT2D eigenvalue weighted by atomic mass is 35.5. The fourth-order valence-electron chi connectivity index (χ4n) is 2.00. The van der Waals surface area contributed by atoms with Crippen molar-refractivity contribution in [2.45, 2.75) is 31.6 Å². The van der Waals surface area contributed by atoms with Crippen molar-refractivity contribution in [2.75, 3.05) is 18.8 Å². The van der Waals surface area contributed by atoms with Crippen molar-refractivity contribution < 1.29 is 4.79 Å². The molecule has 0 bridgehead atoms. The lowest BCUT2D eigenvalue weighted by Gasteiger charge is -2.28. The first kappa shape index (κ1) is 20.6. The zero-order valence-electron chi connectivity index (χ0n) is 12.5. The van der Waals surface area contributed by atoms with Crippen molar-refractivity contribution in [3.63, 3.8) is 0 Å². The fourth-order valence-corrected chi connectivity index (χ4v) is 2.90. The van der Waals surface area contributed by atoms with Crippen LogP contribution >= 0.6 is 35.8 Å². The lowest BCUT2D eigenvalue weighted by Crippen LogP contribution is -2.45. The number of hydrogen-bond donors (Lipinski definition) is 2. The van der Waals surface area contributed by atoms with Gasteiger partial charge in [-0.1, -0.05) is 25.4 Å². The van der Waals surface area contributed by atoms with Crippen LogP contribution in [0.1, 0.15) is 26.7 Å². The Labute approximate surface area is 142 Å². The van der Waals surface area contributed by atoms with E-state index in [9.17, 15) is 4.79 Å². The predicted molar refractivity (Wildman–Crippen MR) is 94.5 cm³/mol. The summed E-state index contributed by atoms with van der Waals surface area (Å²) in [6.45, 7) is 5.07. The number of benzene rings is 1. The van der Waals surface area contributed by atoms with Crippen molar-refractivity contribution >= 4 is 41.7 Å². The Morgan fingerprint density at radius 2 is 1.86 bits per heavy atom. The van der Waals surface area contributed by atoms with Gasteiger partial charge in [-0.05, 0) is 37.1 Å². The molecular formula is C15H24Cl2N2OS. The van der Waals surface area contributed by atoms with Crippen LogP contribution < -0.4 is 11.1 Å². The number of nitrogens with one attached hydrogen (secondary N) is 1. The minimum Gasteiger partial charge on any atom is -0.355 e. The first-order valence-electron chi connectivity index (χ1n) is 6.94. The summed E-state index contributed by atoms with van der Waals surface area (Å²) in [5.74, 6) is 0.906. The maximum absolute atomic E-state index is 12.2. The summed E-state index contributed by atoms with van der Waals surface area (Å²) in [6, 6.07) is 7.71. The van der Waals surface area contributed by atoms with Gasteiger partial charge in [-0.15, -0.1) is 24.2 Å². The first-order valence-corrected chi connectivity index (χ1v) is 8.31. The van der Waals surface area contributed by atoms with Crippen LogP contribution in [0.3, 0.4) is 0 Å². The van der Waals surface area contributed by atoms with Crippen LogP contribution in [0.25, 0.3) is 0 Å². The lowest BCUT2D eigenvalue weighted by molar-refractivity contribution is -0.130. The maximum atomic E-state index is 12.2. The molecule has 0 heterocycles. The van der Waals surface area contributed by atoms with Crippen molar-refractivity contribution in [1.29, 1.82) is 0 Å². The standard InChI is InChI=1S/C15H23ClN2OS.ClH/c1-3-15(4-2,11-17)14(19)18-9-10-20-13-7-5-12(16)6-8-13;/h5-8H,3-4,9-11,17H2,1-2H3,(H,18,19);1H. The number of nitrogens with two attached hydrogens (primary N) is 1. The van der Waals surface area contributed by atoms with Crippen LogP contribution in [0.2, 0.25) is 5.02 Å². The van der Waals surface area contributed by atoms with E-state index >= 15 is 0 Å². The van der Waals surface area contributed by atoms with Gasteiger partial charge in [0.2, 0.25) is 5.91 Å². The molecule has 0 atom stereocenters.